The summed E-state index contributed by atoms with van der Waals surface area (Å²) < 4.78 is 39.9. The van der Waals surface area contributed by atoms with Crippen molar-refractivity contribution in [2.75, 3.05) is 19.0 Å². The molecule has 3 amide bonds. The lowest BCUT2D eigenvalue weighted by molar-refractivity contribution is -0.139. The lowest BCUT2D eigenvalue weighted by Crippen LogP contribution is -2.57. The van der Waals surface area contributed by atoms with Crippen molar-refractivity contribution in [3.05, 3.63) is 90.5 Å². The van der Waals surface area contributed by atoms with Gasteiger partial charge in [0, 0.05) is 40.8 Å². The second-order valence-electron chi connectivity index (χ2n) is 14.3. The predicted octanol–water partition coefficient (Wildman–Crippen LogP) is 5.00. The number of methoxy groups -OCH3 is 1. The third kappa shape index (κ3) is 7.81. The fourth-order valence-corrected chi connectivity index (χ4v) is 9.14. The van der Waals surface area contributed by atoms with Crippen LogP contribution in [-0.2, 0) is 30.8 Å². The predicted molar refractivity (Wildman–Crippen MR) is 211 cm³/mol. The number of amides is 3. The van der Waals surface area contributed by atoms with Gasteiger partial charge in [-0.05, 0) is 50.3 Å². The average Bonchev–Trinajstić information content (AvgIpc) is 4.07. The summed E-state index contributed by atoms with van der Waals surface area (Å²) in [5.74, 6) is -1.22. The first-order valence-electron chi connectivity index (χ1n) is 18.2. The van der Waals surface area contributed by atoms with Gasteiger partial charge in [0.2, 0.25) is 21.8 Å². The number of sulfonamides is 1. The Morgan fingerprint density at radius 1 is 1.13 bits per heavy atom. The molecule has 3 fully saturated rings. The van der Waals surface area contributed by atoms with Gasteiger partial charge >= 0.3 is 0 Å². The Kier molecular flexibility index (Phi) is 10.4. The number of ether oxygens (including phenoxy) is 2. The molecular formula is C40H44N6O7S2. The van der Waals surface area contributed by atoms with Crippen LogP contribution in [0.3, 0.4) is 0 Å². The topological polar surface area (TPSA) is 169 Å². The number of aromatic nitrogens is 2. The average molecular weight is 785 g/mol. The summed E-state index contributed by atoms with van der Waals surface area (Å²) in [7, 11) is -2.30. The van der Waals surface area contributed by atoms with Gasteiger partial charge in [0.15, 0.2) is 5.13 Å². The number of rotatable bonds is 15. The number of anilines is 1. The second-order valence-corrected chi connectivity index (χ2v) is 17.2. The highest BCUT2D eigenvalue weighted by atomic mass is 32.2. The molecule has 288 valence electrons. The molecule has 55 heavy (non-hydrogen) atoms. The smallest absolute Gasteiger partial charge is 0.259 e. The van der Waals surface area contributed by atoms with Crippen molar-refractivity contribution in [3.63, 3.8) is 0 Å². The third-order valence-electron chi connectivity index (χ3n) is 10.4. The summed E-state index contributed by atoms with van der Waals surface area (Å²) in [6.07, 6.45) is 2.78. The first kappa shape index (κ1) is 38.0. The van der Waals surface area contributed by atoms with Crippen LogP contribution in [0.1, 0.15) is 45.2 Å². The second kappa shape index (κ2) is 15.1. The number of fused-ring (bicyclic) bond motifs is 1. The minimum Gasteiger partial charge on any atom is -0.497 e. The van der Waals surface area contributed by atoms with Crippen molar-refractivity contribution in [3.8, 4) is 22.8 Å². The quantitative estimate of drug-likeness (QED) is 0.140. The van der Waals surface area contributed by atoms with Crippen LogP contribution in [-0.4, -0.2) is 83.6 Å². The van der Waals surface area contributed by atoms with Gasteiger partial charge in [-0.25, -0.2) is 18.4 Å². The molecule has 3 aliphatic rings. The molecule has 15 heteroatoms. The van der Waals surface area contributed by atoms with Gasteiger partial charge in [-0.3, -0.25) is 19.1 Å². The summed E-state index contributed by atoms with van der Waals surface area (Å²) in [6, 6.07) is 15.0. The van der Waals surface area contributed by atoms with Crippen molar-refractivity contribution in [2.24, 2.45) is 5.92 Å². The Morgan fingerprint density at radius 2 is 1.89 bits per heavy atom. The van der Waals surface area contributed by atoms with E-state index < -0.39 is 62.6 Å². The largest absolute Gasteiger partial charge is 0.497 e. The maximum absolute atomic E-state index is 14.6. The van der Waals surface area contributed by atoms with Crippen molar-refractivity contribution in [1.29, 1.82) is 0 Å². The minimum absolute atomic E-state index is 0.0290. The molecule has 2 saturated carbocycles. The van der Waals surface area contributed by atoms with Crippen LogP contribution in [0.5, 0.6) is 11.5 Å². The molecule has 13 nitrogen and oxygen atoms in total. The molecular weight excluding hydrogens is 741 g/mol. The normalized spacial score (nSPS) is 22.4. The number of nitrogens with zero attached hydrogens (tertiary/aromatic N) is 3. The van der Waals surface area contributed by atoms with E-state index >= 15 is 0 Å². The highest BCUT2D eigenvalue weighted by Crippen LogP contribution is 2.46. The lowest BCUT2D eigenvalue weighted by atomic mass is 10.1. The van der Waals surface area contributed by atoms with E-state index in [0.29, 0.717) is 51.6 Å². The highest BCUT2D eigenvalue weighted by molar-refractivity contribution is 7.91. The molecule has 0 spiro atoms. The van der Waals surface area contributed by atoms with Gasteiger partial charge in [-0.15, -0.1) is 17.9 Å². The molecule has 2 aliphatic carbocycles. The number of aryl methyl sites for hydroxylation is 1. The SMILES string of the molecule is C=C[C@@H]1C[C@]1(NC(=O)[C@@H]1C[C@@H](Oc2cc(-c3ccccc3)nc3cc(OC)ccc23)CN1C(=O)[C@@H](Nc1nc(CC)cs1)C(=C)C)C(=O)NS(=O)(=O)C1CC1. The Morgan fingerprint density at radius 3 is 2.53 bits per heavy atom. The van der Waals surface area contributed by atoms with Crippen molar-refractivity contribution < 1.29 is 32.3 Å². The number of carbonyl (C=O) groups excluding carboxylic acids is 3. The summed E-state index contributed by atoms with van der Waals surface area (Å²) in [6.45, 7) is 11.6. The fourth-order valence-electron chi connectivity index (χ4n) is 6.95. The number of nitrogens with one attached hydrogen (secondary N) is 3. The summed E-state index contributed by atoms with van der Waals surface area (Å²) in [4.78, 5) is 53.4. The van der Waals surface area contributed by atoms with Gasteiger partial charge in [0.25, 0.3) is 5.91 Å². The molecule has 0 bridgehead atoms. The molecule has 5 atom stereocenters. The zero-order chi connectivity index (χ0) is 39.1. The Hall–Kier alpha value is -5.28. The van der Waals surface area contributed by atoms with E-state index in [1.54, 1.807) is 14.0 Å². The molecule has 0 radical (unpaired) electrons. The molecule has 3 heterocycles. The summed E-state index contributed by atoms with van der Waals surface area (Å²) in [5, 5.41) is 8.60. The summed E-state index contributed by atoms with van der Waals surface area (Å²) >= 11 is 1.37. The monoisotopic (exact) mass is 784 g/mol. The van der Waals surface area contributed by atoms with E-state index in [9.17, 15) is 22.8 Å². The van der Waals surface area contributed by atoms with Crippen molar-refractivity contribution in [1.82, 2.24) is 24.9 Å². The molecule has 0 unspecified atom stereocenters. The molecule has 1 saturated heterocycles. The first-order chi connectivity index (χ1) is 26.3. The Bertz CT molecular complexity index is 2280. The van der Waals surface area contributed by atoms with E-state index in [1.807, 2.05) is 66.9 Å². The van der Waals surface area contributed by atoms with Crippen LogP contribution in [0.2, 0.25) is 0 Å². The molecule has 2 aromatic carbocycles. The maximum atomic E-state index is 14.6. The lowest BCUT2D eigenvalue weighted by Gasteiger charge is -2.30. The van der Waals surface area contributed by atoms with Gasteiger partial charge in [0.05, 0.1) is 35.8 Å². The molecule has 7 rings (SSSR count). The van der Waals surface area contributed by atoms with Gasteiger partial charge < -0.3 is 25.0 Å². The van der Waals surface area contributed by atoms with Gasteiger partial charge in [0.1, 0.15) is 35.2 Å². The highest BCUT2D eigenvalue weighted by Gasteiger charge is 2.62. The number of benzene rings is 2. The minimum atomic E-state index is -3.89. The maximum Gasteiger partial charge on any atom is 0.259 e. The Labute approximate surface area is 324 Å². The van der Waals surface area contributed by atoms with E-state index in [-0.39, 0.29) is 19.4 Å². The first-order valence-corrected chi connectivity index (χ1v) is 20.7. The van der Waals surface area contributed by atoms with E-state index in [4.69, 9.17) is 14.5 Å². The van der Waals surface area contributed by atoms with Gasteiger partial charge in [-0.1, -0.05) is 49.9 Å². The van der Waals surface area contributed by atoms with E-state index in [2.05, 4.69) is 33.5 Å². The van der Waals surface area contributed by atoms with Crippen molar-refractivity contribution >= 4 is 55.1 Å². The van der Waals surface area contributed by atoms with Gasteiger partial charge in [-0.2, -0.15) is 0 Å². The standard InChI is InChI=1S/C40H44N6O7S2/c1-6-25-20-40(25,38(49)45-55(50,51)29-14-15-29)44-36(47)33-18-28(21-46(33)37(48)35(23(3)4)43-39-41-26(7-2)22-54-39)53-34-19-31(24-11-9-8-10-12-24)42-32-17-27(52-5)13-16-30(32)34/h6,8-13,16-17,19,22,25,28-29,33,35H,1,3,7,14-15,18,20-21H2,2,4-5H3,(H,41,43)(H,44,47)(H,45,49)/t25-,28-,33+,35+,40-/m1/s1. The van der Waals surface area contributed by atoms with Crippen LogP contribution in [0.15, 0.2) is 84.8 Å². The van der Waals surface area contributed by atoms with Crippen LogP contribution >= 0.6 is 11.3 Å². The summed E-state index contributed by atoms with van der Waals surface area (Å²) in [5.41, 5.74) is 2.03. The van der Waals surface area contributed by atoms with Crippen LogP contribution in [0.4, 0.5) is 5.13 Å². The van der Waals surface area contributed by atoms with E-state index in [0.717, 1.165) is 17.7 Å². The zero-order valence-corrected chi connectivity index (χ0v) is 32.5. The molecule has 2 aromatic heterocycles. The molecule has 1 aliphatic heterocycles. The van der Waals surface area contributed by atoms with E-state index in [1.165, 1.54) is 22.3 Å². The number of thiazole rings is 1. The Balaban J connectivity index is 1.21. The van der Waals surface area contributed by atoms with Crippen LogP contribution in [0, 0.1) is 5.92 Å². The zero-order valence-electron chi connectivity index (χ0n) is 30.9. The van der Waals surface area contributed by atoms with Crippen LogP contribution in [0.25, 0.3) is 22.2 Å². The number of pyridine rings is 1. The third-order valence-corrected chi connectivity index (χ3v) is 13.0. The number of hydrogen-bond acceptors (Lipinski definition) is 11. The fraction of sp³-hybridized carbons (Fsp3) is 0.375. The van der Waals surface area contributed by atoms with Crippen molar-refractivity contribution in [2.45, 2.75) is 74.9 Å². The molecule has 3 N–H and O–H groups in total. The number of likely N-dealkylation sites (tertiary alicyclic amines) is 1. The van der Waals surface area contributed by atoms with Crippen LogP contribution < -0.4 is 24.8 Å². The number of carbonyl (C=O) groups is 3. The number of hydrogen-bond donors (Lipinski definition) is 3. The molecule has 4 aromatic rings.